The Morgan fingerprint density at radius 1 is 0.750 bits per heavy atom. The lowest BCUT2D eigenvalue weighted by Gasteiger charge is -2.19. The Hall–Kier alpha value is -4.33. The van der Waals surface area contributed by atoms with Crippen LogP contribution in [0.25, 0.3) is 0 Å². The number of rotatable bonds is 12. The van der Waals surface area contributed by atoms with Crippen LogP contribution in [0.1, 0.15) is 34.3 Å². The predicted molar refractivity (Wildman–Crippen MR) is 133 cm³/mol. The van der Waals surface area contributed by atoms with Crippen LogP contribution in [0.5, 0.6) is 11.5 Å². The molecule has 3 rings (SSSR count). The van der Waals surface area contributed by atoms with Gasteiger partial charge in [-0.1, -0.05) is 66.7 Å². The minimum atomic E-state index is -1.04. The Morgan fingerprint density at radius 3 is 1.94 bits per heavy atom. The molecule has 0 heterocycles. The molecule has 3 aromatic rings. The monoisotopic (exact) mass is 491 g/mol. The zero-order valence-corrected chi connectivity index (χ0v) is 20.3. The third kappa shape index (κ3) is 7.59. The van der Waals surface area contributed by atoms with Crippen LogP contribution in [-0.2, 0) is 32.3 Å². The van der Waals surface area contributed by atoms with E-state index in [0.717, 1.165) is 11.1 Å². The van der Waals surface area contributed by atoms with Gasteiger partial charge in [-0.25, -0.2) is 4.79 Å². The van der Waals surface area contributed by atoms with Crippen molar-refractivity contribution in [3.63, 3.8) is 0 Å². The van der Waals surface area contributed by atoms with Gasteiger partial charge in [0.1, 0.15) is 19.3 Å². The van der Waals surface area contributed by atoms with E-state index in [1.807, 2.05) is 60.7 Å². The number of methoxy groups -OCH3 is 2. The van der Waals surface area contributed by atoms with Crippen molar-refractivity contribution in [2.45, 2.75) is 32.1 Å². The minimum Gasteiger partial charge on any atom is -0.485 e. The van der Waals surface area contributed by atoms with E-state index in [9.17, 15) is 14.4 Å². The highest BCUT2D eigenvalue weighted by atomic mass is 16.5. The first-order valence-electron chi connectivity index (χ1n) is 11.4. The van der Waals surface area contributed by atoms with E-state index < -0.39 is 23.9 Å². The number of nitrogens with one attached hydrogen (secondary N) is 1. The summed E-state index contributed by atoms with van der Waals surface area (Å²) in [6, 6.07) is 23.1. The zero-order valence-electron chi connectivity index (χ0n) is 20.3. The zero-order chi connectivity index (χ0) is 25.8. The van der Waals surface area contributed by atoms with Gasteiger partial charge in [0.2, 0.25) is 0 Å². The molecule has 3 aromatic carbocycles. The van der Waals surface area contributed by atoms with Crippen LogP contribution < -0.4 is 14.8 Å². The molecular formula is C28H29NO7. The van der Waals surface area contributed by atoms with Crippen LogP contribution in [0.15, 0.2) is 78.9 Å². The molecule has 36 heavy (non-hydrogen) atoms. The van der Waals surface area contributed by atoms with Crippen molar-refractivity contribution in [3.05, 3.63) is 95.6 Å². The molecule has 8 heteroatoms. The first-order chi connectivity index (χ1) is 17.5. The average molecular weight is 492 g/mol. The normalized spacial score (nSPS) is 11.2. The van der Waals surface area contributed by atoms with Gasteiger partial charge >= 0.3 is 11.9 Å². The molecule has 8 nitrogen and oxygen atoms in total. The minimum absolute atomic E-state index is 0.0233. The van der Waals surface area contributed by atoms with Gasteiger partial charge in [-0.2, -0.15) is 0 Å². The Labute approximate surface area is 210 Å². The lowest BCUT2D eigenvalue weighted by molar-refractivity contribution is -0.144. The number of hydrogen-bond donors (Lipinski definition) is 1. The Bertz CT molecular complexity index is 1150. The number of ether oxygens (including phenoxy) is 4. The van der Waals surface area contributed by atoms with E-state index in [1.54, 1.807) is 18.2 Å². The fourth-order valence-corrected chi connectivity index (χ4v) is 3.41. The average Bonchev–Trinajstić information content (AvgIpc) is 2.93. The molecule has 188 valence electrons. The van der Waals surface area contributed by atoms with Gasteiger partial charge in [0, 0.05) is 6.42 Å². The Balaban J connectivity index is 1.85. The Morgan fingerprint density at radius 2 is 1.36 bits per heavy atom. The van der Waals surface area contributed by atoms with Crippen LogP contribution in [-0.4, -0.2) is 38.1 Å². The van der Waals surface area contributed by atoms with Crippen molar-refractivity contribution in [2.75, 3.05) is 14.2 Å². The number of amides is 1. The van der Waals surface area contributed by atoms with Crippen molar-refractivity contribution in [1.29, 1.82) is 0 Å². The summed E-state index contributed by atoms with van der Waals surface area (Å²) in [4.78, 5) is 37.1. The second-order valence-corrected chi connectivity index (χ2v) is 7.85. The molecule has 0 radical (unpaired) electrons. The second kappa shape index (κ2) is 13.5. The van der Waals surface area contributed by atoms with Crippen LogP contribution >= 0.6 is 0 Å². The summed E-state index contributed by atoms with van der Waals surface area (Å²) in [6.45, 7) is 0.479. The maximum absolute atomic E-state index is 13.3. The summed E-state index contributed by atoms with van der Waals surface area (Å²) >= 11 is 0. The quantitative estimate of drug-likeness (QED) is 0.381. The third-order valence-electron chi connectivity index (χ3n) is 5.34. The molecule has 1 amide bonds. The summed E-state index contributed by atoms with van der Waals surface area (Å²) in [5, 5.41) is 2.65. The number of esters is 2. The molecule has 0 saturated carbocycles. The number of carbonyl (C=O) groups excluding carboxylic acids is 3. The summed E-state index contributed by atoms with van der Waals surface area (Å²) in [7, 11) is 2.47. The SMILES string of the molecule is COC(=O)CC[C@@H](NC(=O)c1cccc(OCc2ccccc2)c1OCc1ccccc1)C(=O)OC. The maximum Gasteiger partial charge on any atom is 0.328 e. The standard InChI is InChI=1S/C28H29NO7/c1-33-25(30)17-16-23(28(32)34-2)29-27(31)22-14-9-15-24(35-18-20-10-5-3-6-11-20)26(22)36-19-21-12-7-4-8-13-21/h3-15,23H,16-19H2,1-2H3,(H,29,31)/t23-/m1/s1. The first-order valence-corrected chi connectivity index (χ1v) is 11.4. The lowest BCUT2D eigenvalue weighted by atomic mass is 10.1. The highest BCUT2D eigenvalue weighted by Crippen LogP contribution is 2.33. The van der Waals surface area contributed by atoms with Crippen molar-refractivity contribution >= 4 is 17.8 Å². The number of benzene rings is 3. The molecule has 1 atom stereocenters. The van der Waals surface area contributed by atoms with Crippen LogP contribution in [0.3, 0.4) is 0 Å². The fraction of sp³-hybridized carbons (Fsp3) is 0.250. The van der Waals surface area contributed by atoms with Gasteiger partial charge in [-0.05, 0) is 29.7 Å². The third-order valence-corrected chi connectivity index (χ3v) is 5.34. The molecule has 0 saturated heterocycles. The van der Waals surface area contributed by atoms with Gasteiger partial charge in [-0.3, -0.25) is 9.59 Å². The van der Waals surface area contributed by atoms with Gasteiger partial charge in [0.05, 0.1) is 19.8 Å². The van der Waals surface area contributed by atoms with E-state index in [-0.39, 0.29) is 37.4 Å². The number of hydrogen-bond acceptors (Lipinski definition) is 7. The lowest BCUT2D eigenvalue weighted by Crippen LogP contribution is -2.42. The molecule has 0 bridgehead atoms. The summed E-state index contributed by atoms with van der Waals surface area (Å²) in [5.74, 6) is -1.11. The van der Waals surface area contributed by atoms with Gasteiger partial charge < -0.3 is 24.3 Å². The molecule has 0 unspecified atom stereocenters. The van der Waals surface area contributed by atoms with E-state index in [0.29, 0.717) is 5.75 Å². The maximum atomic E-state index is 13.3. The molecule has 0 aromatic heterocycles. The van der Waals surface area contributed by atoms with Crippen molar-refractivity contribution < 1.29 is 33.3 Å². The van der Waals surface area contributed by atoms with Gasteiger partial charge in [-0.15, -0.1) is 0 Å². The predicted octanol–water partition coefficient (Wildman–Crippen LogP) is 4.07. The molecule has 0 fully saturated rings. The van der Waals surface area contributed by atoms with Crippen LogP contribution in [0.4, 0.5) is 0 Å². The molecular weight excluding hydrogens is 462 g/mol. The molecule has 0 spiro atoms. The van der Waals surface area contributed by atoms with Crippen molar-refractivity contribution in [1.82, 2.24) is 5.32 Å². The van der Waals surface area contributed by atoms with E-state index in [1.165, 1.54) is 14.2 Å². The van der Waals surface area contributed by atoms with Gasteiger partial charge in [0.25, 0.3) is 5.91 Å². The largest absolute Gasteiger partial charge is 0.485 e. The topological polar surface area (TPSA) is 100 Å². The molecule has 0 aliphatic rings. The van der Waals surface area contributed by atoms with Crippen molar-refractivity contribution in [3.8, 4) is 11.5 Å². The first kappa shape index (κ1) is 26.3. The number of para-hydroxylation sites is 1. The molecule has 1 N–H and O–H groups in total. The fourth-order valence-electron chi connectivity index (χ4n) is 3.41. The number of carbonyl (C=O) groups is 3. The second-order valence-electron chi connectivity index (χ2n) is 7.85. The van der Waals surface area contributed by atoms with Crippen LogP contribution in [0, 0.1) is 0 Å². The smallest absolute Gasteiger partial charge is 0.328 e. The highest BCUT2D eigenvalue weighted by Gasteiger charge is 2.26. The summed E-state index contributed by atoms with van der Waals surface area (Å²) in [5.41, 5.74) is 2.05. The molecule has 0 aliphatic heterocycles. The van der Waals surface area contributed by atoms with E-state index >= 15 is 0 Å². The highest BCUT2D eigenvalue weighted by molar-refractivity contribution is 5.99. The van der Waals surface area contributed by atoms with Crippen molar-refractivity contribution in [2.24, 2.45) is 0 Å². The van der Waals surface area contributed by atoms with E-state index in [4.69, 9.17) is 14.2 Å². The summed E-state index contributed by atoms with van der Waals surface area (Å²) < 4.78 is 21.5. The Kier molecular flexibility index (Phi) is 9.88. The summed E-state index contributed by atoms with van der Waals surface area (Å²) in [6.07, 6.45) is -0.0381. The molecule has 0 aliphatic carbocycles. The van der Waals surface area contributed by atoms with E-state index in [2.05, 4.69) is 10.1 Å². The van der Waals surface area contributed by atoms with Crippen LogP contribution in [0.2, 0.25) is 0 Å². The van der Waals surface area contributed by atoms with Gasteiger partial charge in [0.15, 0.2) is 11.5 Å².